The van der Waals surface area contributed by atoms with Crippen molar-refractivity contribution in [1.82, 2.24) is 10.9 Å². The van der Waals surface area contributed by atoms with E-state index in [2.05, 4.69) is 15.6 Å². The first-order valence-electron chi connectivity index (χ1n) is 10.9. The highest BCUT2D eigenvalue weighted by Crippen LogP contribution is 2.20. The molecule has 0 saturated heterocycles. The van der Waals surface area contributed by atoms with Crippen LogP contribution < -0.4 is 25.0 Å². The van der Waals surface area contributed by atoms with E-state index in [1.807, 2.05) is 31.2 Å². The van der Waals surface area contributed by atoms with E-state index in [0.717, 1.165) is 5.56 Å². The molecule has 2 amide bonds. The van der Waals surface area contributed by atoms with Gasteiger partial charge in [-0.05, 0) is 79.6 Å². The summed E-state index contributed by atoms with van der Waals surface area (Å²) >= 11 is 0. The minimum Gasteiger partial charge on any atom is -0.497 e. The topological polar surface area (TPSA) is 123 Å². The Morgan fingerprint density at radius 1 is 0.886 bits per heavy atom. The molecule has 0 aliphatic rings. The van der Waals surface area contributed by atoms with Crippen LogP contribution in [0.25, 0.3) is 0 Å². The summed E-state index contributed by atoms with van der Waals surface area (Å²) in [6.45, 7) is 2.32. The maximum Gasteiger partial charge on any atom is 0.269 e. The zero-order valence-electron chi connectivity index (χ0n) is 19.4. The monoisotopic (exact) mass is 497 g/mol. The average molecular weight is 498 g/mol. The minimum absolute atomic E-state index is 0.0828. The van der Waals surface area contributed by atoms with Crippen molar-refractivity contribution < 1.29 is 27.5 Å². The molecule has 3 rings (SSSR count). The number of anilines is 1. The lowest BCUT2D eigenvalue weighted by Gasteiger charge is -2.10. The average Bonchev–Trinajstić information content (AvgIpc) is 2.87. The molecular weight excluding hydrogens is 470 g/mol. The maximum atomic E-state index is 12.6. The molecule has 0 unspecified atom stereocenters. The van der Waals surface area contributed by atoms with Crippen LogP contribution in [-0.4, -0.2) is 33.9 Å². The van der Waals surface area contributed by atoms with Gasteiger partial charge in [0.05, 0.1) is 18.6 Å². The van der Waals surface area contributed by atoms with Crippen molar-refractivity contribution in [2.24, 2.45) is 0 Å². The number of hydrogen-bond donors (Lipinski definition) is 3. The number of rotatable bonds is 10. The third-order valence-corrected chi connectivity index (χ3v) is 6.33. The molecule has 0 atom stereocenters. The second-order valence-corrected chi connectivity index (χ2v) is 9.12. The zero-order chi connectivity index (χ0) is 25.3. The molecule has 35 heavy (non-hydrogen) atoms. The van der Waals surface area contributed by atoms with E-state index in [4.69, 9.17) is 9.47 Å². The van der Waals surface area contributed by atoms with E-state index in [0.29, 0.717) is 24.5 Å². The van der Waals surface area contributed by atoms with E-state index in [1.165, 1.54) is 36.4 Å². The molecule has 0 radical (unpaired) electrons. The van der Waals surface area contributed by atoms with Crippen LogP contribution in [0.4, 0.5) is 5.69 Å². The fourth-order valence-corrected chi connectivity index (χ4v) is 4.19. The highest BCUT2D eigenvalue weighted by molar-refractivity contribution is 7.92. The van der Waals surface area contributed by atoms with Crippen LogP contribution in [0.2, 0.25) is 0 Å². The Balaban J connectivity index is 1.50. The molecule has 0 aromatic heterocycles. The minimum atomic E-state index is -3.80. The van der Waals surface area contributed by atoms with Crippen LogP contribution in [0, 0.1) is 0 Å². The van der Waals surface area contributed by atoms with Crippen molar-refractivity contribution in [3.05, 3.63) is 83.9 Å². The molecule has 3 aromatic carbocycles. The van der Waals surface area contributed by atoms with Crippen LogP contribution >= 0.6 is 0 Å². The summed E-state index contributed by atoms with van der Waals surface area (Å²) in [6, 6.07) is 19.3. The first-order chi connectivity index (χ1) is 16.8. The van der Waals surface area contributed by atoms with Gasteiger partial charge in [-0.1, -0.05) is 12.1 Å². The Kier molecular flexibility index (Phi) is 8.69. The summed E-state index contributed by atoms with van der Waals surface area (Å²) < 4.78 is 38.1. The number of aryl methyl sites for hydroxylation is 1. The molecule has 0 aliphatic carbocycles. The van der Waals surface area contributed by atoms with Crippen molar-refractivity contribution in [2.75, 3.05) is 18.4 Å². The van der Waals surface area contributed by atoms with Gasteiger partial charge >= 0.3 is 0 Å². The van der Waals surface area contributed by atoms with Crippen molar-refractivity contribution in [3.8, 4) is 11.5 Å². The zero-order valence-corrected chi connectivity index (χ0v) is 20.2. The second-order valence-electron chi connectivity index (χ2n) is 7.44. The van der Waals surface area contributed by atoms with Gasteiger partial charge in [-0.15, -0.1) is 0 Å². The number of carbonyl (C=O) groups excluding carboxylic acids is 2. The summed E-state index contributed by atoms with van der Waals surface area (Å²) in [7, 11) is -2.23. The lowest BCUT2D eigenvalue weighted by Crippen LogP contribution is -2.41. The lowest BCUT2D eigenvalue weighted by atomic mass is 10.1. The quantitative estimate of drug-likeness (QED) is 0.370. The van der Waals surface area contributed by atoms with Crippen LogP contribution in [0.5, 0.6) is 11.5 Å². The Morgan fingerprint density at radius 2 is 1.60 bits per heavy atom. The predicted molar refractivity (Wildman–Crippen MR) is 132 cm³/mol. The van der Waals surface area contributed by atoms with Gasteiger partial charge in [-0.25, -0.2) is 8.42 Å². The first kappa shape index (κ1) is 25.6. The van der Waals surface area contributed by atoms with E-state index in [1.54, 1.807) is 19.2 Å². The van der Waals surface area contributed by atoms with Crippen molar-refractivity contribution in [2.45, 2.75) is 24.7 Å². The summed E-state index contributed by atoms with van der Waals surface area (Å²) in [5.74, 6) is 0.414. The molecule has 9 nitrogen and oxygen atoms in total. The van der Waals surface area contributed by atoms with Gasteiger partial charge in [0.1, 0.15) is 11.5 Å². The van der Waals surface area contributed by atoms with Gasteiger partial charge in [0.15, 0.2) is 0 Å². The maximum absolute atomic E-state index is 12.6. The molecule has 0 aliphatic heterocycles. The number of sulfonamides is 1. The van der Waals surface area contributed by atoms with Crippen LogP contribution in [-0.2, 0) is 21.2 Å². The van der Waals surface area contributed by atoms with Gasteiger partial charge in [-0.3, -0.25) is 25.2 Å². The Morgan fingerprint density at radius 3 is 2.26 bits per heavy atom. The number of hydrazine groups is 1. The Bertz CT molecular complexity index is 1260. The first-order valence-corrected chi connectivity index (χ1v) is 12.4. The van der Waals surface area contributed by atoms with Crippen LogP contribution in [0.15, 0.2) is 77.7 Å². The molecule has 0 saturated carbocycles. The highest BCUT2D eigenvalue weighted by Gasteiger charge is 2.15. The third-order valence-electron chi connectivity index (χ3n) is 4.93. The van der Waals surface area contributed by atoms with Crippen LogP contribution in [0.3, 0.4) is 0 Å². The van der Waals surface area contributed by atoms with Gasteiger partial charge in [0.25, 0.3) is 15.9 Å². The number of amides is 2. The van der Waals surface area contributed by atoms with Gasteiger partial charge in [-0.2, -0.15) is 0 Å². The second kappa shape index (κ2) is 11.9. The molecule has 0 heterocycles. The highest BCUT2D eigenvalue weighted by atomic mass is 32.2. The molecule has 0 fully saturated rings. The molecule has 0 spiro atoms. The summed E-state index contributed by atoms with van der Waals surface area (Å²) in [4.78, 5) is 24.5. The van der Waals surface area contributed by atoms with E-state index in [-0.39, 0.29) is 28.5 Å². The fourth-order valence-electron chi connectivity index (χ4n) is 3.13. The van der Waals surface area contributed by atoms with Crippen LogP contribution in [0.1, 0.15) is 29.3 Å². The molecule has 10 heteroatoms. The largest absolute Gasteiger partial charge is 0.497 e. The smallest absolute Gasteiger partial charge is 0.269 e. The number of nitrogens with one attached hydrogen (secondary N) is 3. The van der Waals surface area contributed by atoms with Crippen molar-refractivity contribution >= 4 is 27.5 Å². The number of hydrogen-bond acceptors (Lipinski definition) is 6. The standard InChI is InChI=1S/C25H27N3O6S/c1-3-34-21-12-14-23(15-13-21)35(31,32)28-20-10-8-19(9-11-20)25(30)27-26-24(29)16-7-18-5-4-6-22(17-18)33-2/h4-6,8-15,17,28H,3,7,16H2,1-2H3,(H,26,29)(H,27,30). The normalized spacial score (nSPS) is 10.8. The molecule has 0 bridgehead atoms. The third kappa shape index (κ3) is 7.47. The van der Waals surface area contributed by atoms with Gasteiger partial charge < -0.3 is 9.47 Å². The molecule has 3 N–H and O–H groups in total. The molecule has 3 aromatic rings. The van der Waals surface area contributed by atoms with Gasteiger partial charge in [0, 0.05) is 17.7 Å². The Labute approximate surface area is 204 Å². The summed E-state index contributed by atoms with van der Waals surface area (Å²) in [6.07, 6.45) is 0.668. The number of benzene rings is 3. The summed E-state index contributed by atoms with van der Waals surface area (Å²) in [5, 5.41) is 0. The number of methoxy groups -OCH3 is 1. The fraction of sp³-hybridized carbons (Fsp3) is 0.200. The van der Waals surface area contributed by atoms with Crippen molar-refractivity contribution in [1.29, 1.82) is 0 Å². The van der Waals surface area contributed by atoms with E-state index in [9.17, 15) is 18.0 Å². The lowest BCUT2D eigenvalue weighted by molar-refractivity contribution is -0.121. The number of carbonyl (C=O) groups is 2. The predicted octanol–water partition coefficient (Wildman–Crippen LogP) is 3.29. The van der Waals surface area contributed by atoms with E-state index >= 15 is 0 Å². The molecular formula is C25H27N3O6S. The Hall–Kier alpha value is -4.05. The van der Waals surface area contributed by atoms with E-state index < -0.39 is 15.9 Å². The summed E-state index contributed by atoms with van der Waals surface area (Å²) in [5.41, 5.74) is 6.21. The molecule has 184 valence electrons. The van der Waals surface area contributed by atoms with Crippen molar-refractivity contribution in [3.63, 3.8) is 0 Å². The SMILES string of the molecule is CCOc1ccc(S(=O)(=O)Nc2ccc(C(=O)NNC(=O)CCc3cccc(OC)c3)cc2)cc1. The number of ether oxygens (including phenoxy) is 2. The van der Waals surface area contributed by atoms with Gasteiger partial charge in [0.2, 0.25) is 5.91 Å².